The molecule has 2 aromatic carbocycles. The number of nitrogens with one attached hydrogen (secondary N) is 1. The van der Waals surface area contributed by atoms with Crippen molar-refractivity contribution in [1.29, 1.82) is 0 Å². The molecule has 10 heteroatoms. The van der Waals surface area contributed by atoms with Crippen molar-refractivity contribution in [2.24, 2.45) is 0 Å². The summed E-state index contributed by atoms with van der Waals surface area (Å²) < 4.78 is 37.5. The molecule has 1 amide bonds. The number of carbonyl (C=O) groups excluding carboxylic acids is 1. The first-order valence-electron chi connectivity index (χ1n) is 9.89. The number of nitrogens with zero attached hydrogens (tertiary/aromatic N) is 2. The second-order valence-electron chi connectivity index (χ2n) is 7.13. The Bertz CT molecular complexity index is 962. The number of morpholine rings is 1. The van der Waals surface area contributed by atoms with Crippen molar-refractivity contribution in [2.75, 3.05) is 58.4 Å². The second-order valence-corrected chi connectivity index (χ2v) is 9.50. The van der Waals surface area contributed by atoms with Crippen molar-refractivity contribution in [1.82, 2.24) is 9.21 Å². The molecule has 0 aromatic heterocycles. The van der Waals surface area contributed by atoms with Crippen LogP contribution in [0.15, 0.2) is 53.4 Å². The summed E-state index contributed by atoms with van der Waals surface area (Å²) >= 11 is 5.84. The largest absolute Gasteiger partial charge is 0.492 e. The number of ether oxygens (including phenoxy) is 2. The normalized spacial score (nSPS) is 15.1. The van der Waals surface area contributed by atoms with Crippen molar-refractivity contribution in [3.05, 3.63) is 53.6 Å². The van der Waals surface area contributed by atoms with Crippen LogP contribution in [0, 0.1) is 0 Å². The molecule has 0 aliphatic carbocycles. The summed E-state index contributed by atoms with van der Waals surface area (Å²) in [5, 5.41) is 3.43. The third kappa shape index (κ3) is 6.91. The van der Waals surface area contributed by atoms with Gasteiger partial charge in [-0.2, -0.15) is 4.31 Å². The van der Waals surface area contributed by atoms with Crippen LogP contribution in [-0.4, -0.2) is 76.6 Å². The smallest absolute Gasteiger partial charge is 0.243 e. The van der Waals surface area contributed by atoms with E-state index in [9.17, 15) is 13.2 Å². The van der Waals surface area contributed by atoms with Crippen molar-refractivity contribution >= 4 is 33.2 Å². The van der Waals surface area contributed by atoms with E-state index in [1.807, 2.05) is 11.9 Å². The monoisotopic (exact) mass is 467 g/mol. The van der Waals surface area contributed by atoms with Gasteiger partial charge in [0.1, 0.15) is 12.4 Å². The second kappa shape index (κ2) is 10.9. The molecule has 0 radical (unpaired) electrons. The molecule has 1 fully saturated rings. The van der Waals surface area contributed by atoms with Crippen LogP contribution in [0.2, 0.25) is 5.02 Å². The number of halogens is 1. The fourth-order valence-electron chi connectivity index (χ4n) is 3.02. The molecule has 31 heavy (non-hydrogen) atoms. The highest BCUT2D eigenvalue weighted by Crippen LogP contribution is 2.19. The van der Waals surface area contributed by atoms with Crippen LogP contribution in [0.25, 0.3) is 0 Å². The van der Waals surface area contributed by atoms with E-state index in [0.29, 0.717) is 50.2 Å². The van der Waals surface area contributed by atoms with Gasteiger partial charge in [-0.25, -0.2) is 8.42 Å². The van der Waals surface area contributed by atoms with Crippen LogP contribution in [0.1, 0.15) is 0 Å². The van der Waals surface area contributed by atoms with Crippen molar-refractivity contribution < 1.29 is 22.7 Å². The quantitative estimate of drug-likeness (QED) is 0.609. The van der Waals surface area contributed by atoms with Crippen LogP contribution >= 0.6 is 11.6 Å². The lowest BCUT2D eigenvalue weighted by molar-refractivity contribution is -0.117. The SMILES string of the molecule is CN(CCOc1ccc(Cl)cc1)CC(=O)Nc1ccc(S(=O)(=O)N2CCOCC2)cc1. The number of rotatable bonds is 9. The van der Waals surface area contributed by atoms with Gasteiger partial charge in [0.05, 0.1) is 24.7 Å². The molecule has 1 aliphatic rings. The van der Waals surface area contributed by atoms with Crippen LogP contribution < -0.4 is 10.1 Å². The summed E-state index contributed by atoms with van der Waals surface area (Å²) in [6, 6.07) is 13.3. The van der Waals surface area contributed by atoms with Gasteiger partial charge in [0.25, 0.3) is 0 Å². The van der Waals surface area contributed by atoms with E-state index in [2.05, 4.69) is 5.32 Å². The summed E-state index contributed by atoms with van der Waals surface area (Å²) in [5.41, 5.74) is 0.539. The maximum absolute atomic E-state index is 12.6. The zero-order valence-corrected chi connectivity index (χ0v) is 18.9. The molecular formula is C21H26ClN3O5S. The minimum atomic E-state index is -3.55. The van der Waals surface area contributed by atoms with Gasteiger partial charge in [-0.05, 0) is 55.6 Å². The van der Waals surface area contributed by atoms with Gasteiger partial charge in [0, 0.05) is 30.3 Å². The molecule has 0 unspecified atom stereocenters. The Hall–Kier alpha value is -2.17. The van der Waals surface area contributed by atoms with Gasteiger partial charge in [0.2, 0.25) is 15.9 Å². The van der Waals surface area contributed by atoms with E-state index < -0.39 is 10.0 Å². The van der Waals surface area contributed by atoms with E-state index in [4.69, 9.17) is 21.1 Å². The number of sulfonamides is 1. The number of carbonyl (C=O) groups is 1. The van der Waals surface area contributed by atoms with Crippen molar-refractivity contribution in [2.45, 2.75) is 4.90 Å². The third-order valence-corrected chi connectivity index (χ3v) is 6.88. The Morgan fingerprint density at radius 3 is 2.42 bits per heavy atom. The Kier molecular flexibility index (Phi) is 8.28. The lowest BCUT2D eigenvalue weighted by atomic mass is 10.3. The average Bonchev–Trinajstić information content (AvgIpc) is 2.76. The molecule has 0 atom stereocenters. The van der Waals surface area contributed by atoms with Crippen molar-refractivity contribution in [3.8, 4) is 5.75 Å². The molecule has 1 aliphatic heterocycles. The minimum Gasteiger partial charge on any atom is -0.492 e. The minimum absolute atomic E-state index is 0.178. The van der Waals surface area contributed by atoms with Gasteiger partial charge in [0.15, 0.2) is 0 Å². The highest BCUT2D eigenvalue weighted by Gasteiger charge is 2.26. The van der Waals surface area contributed by atoms with E-state index >= 15 is 0 Å². The zero-order chi connectivity index (χ0) is 22.3. The molecule has 1 heterocycles. The fourth-order valence-corrected chi connectivity index (χ4v) is 4.56. The van der Waals surface area contributed by atoms with E-state index in [1.165, 1.54) is 16.4 Å². The molecule has 0 spiro atoms. The maximum Gasteiger partial charge on any atom is 0.243 e. The Morgan fingerprint density at radius 1 is 1.13 bits per heavy atom. The van der Waals surface area contributed by atoms with E-state index in [0.717, 1.165) is 5.75 Å². The molecule has 1 saturated heterocycles. The number of amides is 1. The molecular weight excluding hydrogens is 442 g/mol. The van der Waals surface area contributed by atoms with Crippen LogP contribution in [0.5, 0.6) is 5.75 Å². The molecule has 8 nitrogen and oxygen atoms in total. The van der Waals surface area contributed by atoms with E-state index in [-0.39, 0.29) is 17.3 Å². The van der Waals surface area contributed by atoms with Crippen LogP contribution in [-0.2, 0) is 19.6 Å². The van der Waals surface area contributed by atoms with Crippen LogP contribution in [0.4, 0.5) is 5.69 Å². The Morgan fingerprint density at radius 2 is 1.77 bits per heavy atom. The molecule has 0 bridgehead atoms. The standard InChI is InChI=1S/C21H26ClN3O5S/c1-24(10-15-30-19-6-2-17(22)3-7-19)16-21(26)23-18-4-8-20(9-5-18)31(27,28)25-11-13-29-14-12-25/h2-9H,10-16H2,1H3,(H,23,26). The molecule has 0 saturated carbocycles. The number of likely N-dealkylation sites (N-methyl/N-ethyl adjacent to an activating group) is 1. The van der Waals surface area contributed by atoms with Gasteiger partial charge in [-0.15, -0.1) is 0 Å². The predicted octanol–water partition coefficient (Wildman–Crippen LogP) is 2.31. The van der Waals surface area contributed by atoms with Gasteiger partial charge in [-0.3, -0.25) is 9.69 Å². The Balaban J connectivity index is 1.44. The van der Waals surface area contributed by atoms with Gasteiger partial charge < -0.3 is 14.8 Å². The lowest BCUT2D eigenvalue weighted by Gasteiger charge is -2.26. The molecule has 168 valence electrons. The first-order chi connectivity index (χ1) is 14.8. The molecule has 1 N–H and O–H groups in total. The average molecular weight is 468 g/mol. The first-order valence-corrected chi connectivity index (χ1v) is 11.7. The summed E-state index contributed by atoms with van der Waals surface area (Å²) in [4.78, 5) is 14.3. The topological polar surface area (TPSA) is 88.2 Å². The maximum atomic E-state index is 12.6. The zero-order valence-electron chi connectivity index (χ0n) is 17.3. The third-order valence-electron chi connectivity index (χ3n) is 4.71. The highest BCUT2D eigenvalue weighted by atomic mass is 35.5. The number of benzene rings is 2. The van der Waals surface area contributed by atoms with Crippen molar-refractivity contribution in [3.63, 3.8) is 0 Å². The van der Waals surface area contributed by atoms with E-state index in [1.54, 1.807) is 36.4 Å². The van der Waals surface area contributed by atoms with Crippen LogP contribution in [0.3, 0.4) is 0 Å². The lowest BCUT2D eigenvalue weighted by Crippen LogP contribution is -2.40. The summed E-state index contributed by atoms with van der Waals surface area (Å²) in [6.07, 6.45) is 0. The number of hydrogen-bond acceptors (Lipinski definition) is 6. The Labute approximate surface area is 187 Å². The molecule has 3 rings (SSSR count). The molecule has 2 aromatic rings. The number of hydrogen-bond donors (Lipinski definition) is 1. The van der Waals surface area contributed by atoms with Gasteiger partial charge in [-0.1, -0.05) is 11.6 Å². The van der Waals surface area contributed by atoms with Gasteiger partial charge >= 0.3 is 0 Å². The fraction of sp³-hybridized carbons (Fsp3) is 0.381. The highest BCUT2D eigenvalue weighted by molar-refractivity contribution is 7.89. The predicted molar refractivity (Wildman–Crippen MR) is 119 cm³/mol. The summed E-state index contributed by atoms with van der Waals surface area (Å²) in [5.74, 6) is 0.521. The summed E-state index contributed by atoms with van der Waals surface area (Å²) in [6.45, 7) is 2.64. The summed E-state index contributed by atoms with van der Waals surface area (Å²) in [7, 11) is -1.73. The first kappa shape index (κ1) is 23.5. The number of anilines is 1.